The summed E-state index contributed by atoms with van der Waals surface area (Å²) in [5.74, 6) is 0.918. The molecule has 1 unspecified atom stereocenters. The second-order valence-corrected chi connectivity index (χ2v) is 13.7. The van der Waals surface area contributed by atoms with Crippen molar-refractivity contribution in [1.82, 2.24) is 0 Å². The van der Waals surface area contributed by atoms with Crippen molar-refractivity contribution >= 4 is 70.3 Å². The van der Waals surface area contributed by atoms with Gasteiger partial charge in [0, 0.05) is 10.9 Å². The van der Waals surface area contributed by atoms with E-state index in [0.29, 0.717) is 0 Å². The standard InChI is InChI=1S/C49H31NO/c1-2-10-32(11-3-1)49-50-46-27-23-31-20-18-30-19-21-33(28-44(30)47(31)48(46)51-49)35-25-26-36(38-13-5-4-12-37(35)38)34-22-24-43-41-16-7-6-14-39(41)40-15-8-9-17-42(40)45(43)29-34/h1-29,49-50H. The molecule has 0 spiro atoms. The summed E-state index contributed by atoms with van der Waals surface area (Å²) < 4.78 is 6.66. The summed E-state index contributed by atoms with van der Waals surface area (Å²) in [7, 11) is 0. The summed E-state index contributed by atoms with van der Waals surface area (Å²) in [6, 6.07) is 64.0. The summed E-state index contributed by atoms with van der Waals surface area (Å²) >= 11 is 0. The third-order valence-electron chi connectivity index (χ3n) is 10.9. The average Bonchev–Trinajstić information content (AvgIpc) is 3.65. The van der Waals surface area contributed by atoms with Crippen LogP contribution in [0.1, 0.15) is 11.8 Å². The van der Waals surface area contributed by atoms with E-state index < -0.39 is 0 Å². The van der Waals surface area contributed by atoms with Crippen LogP contribution in [-0.2, 0) is 0 Å². The zero-order valence-corrected chi connectivity index (χ0v) is 27.7. The summed E-state index contributed by atoms with van der Waals surface area (Å²) in [6.07, 6.45) is -0.214. The van der Waals surface area contributed by atoms with Crippen LogP contribution in [0.3, 0.4) is 0 Å². The Hall–Kier alpha value is -6.64. The molecule has 1 aliphatic heterocycles. The Bertz CT molecular complexity index is 3000. The lowest BCUT2D eigenvalue weighted by Crippen LogP contribution is -2.09. The maximum absolute atomic E-state index is 6.66. The summed E-state index contributed by atoms with van der Waals surface area (Å²) in [5, 5.41) is 18.6. The first kappa shape index (κ1) is 28.2. The smallest absolute Gasteiger partial charge is 0.196 e. The van der Waals surface area contributed by atoms with Gasteiger partial charge in [-0.2, -0.15) is 0 Å². The highest BCUT2D eigenvalue weighted by molar-refractivity contribution is 6.26. The number of ether oxygens (including phenoxy) is 1. The molecule has 0 aromatic heterocycles. The van der Waals surface area contributed by atoms with Crippen molar-refractivity contribution in [2.24, 2.45) is 0 Å². The van der Waals surface area contributed by atoms with Gasteiger partial charge >= 0.3 is 0 Å². The quantitative estimate of drug-likeness (QED) is 0.192. The van der Waals surface area contributed by atoms with Crippen LogP contribution in [0.2, 0.25) is 0 Å². The molecule has 0 fully saturated rings. The van der Waals surface area contributed by atoms with Gasteiger partial charge in [0.05, 0.1) is 5.69 Å². The molecule has 0 amide bonds. The van der Waals surface area contributed by atoms with Gasteiger partial charge in [-0.15, -0.1) is 0 Å². The Morgan fingerprint density at radius 1 is 0.373 bits per heavy atom. The topological polar surface area (TPSA) is 21.3 Å². The minimum Gasteiger partial charge on any atom is -0.464 e. The van der Waals surface area contributed by atoms with Crippen molar-refractivity contribution in [1.29, 1.82) is 0 Å². The van der Waals surface area contributed by atoms with E-state index in [1.165, 1.54) is 81.5 Å². The van der Waals surface area contributed by atoms with E-state index in [2.05, 4.69) is 175 Å². The first-order valence-electron chi connectivity index (χ1n) is 17.6. The molecule has 0 saturated heterocycles. The molecule has 1 N–H and O–H groups in total. The van der Waals surface area contributed by atoms with Gasteiger partial charge in [-0.3, -0.25) is 0 Å². The van der Waals surface area contributed by atoms with E-state index in [1.54, 1.807) is 0 Å². The highest BCUT2D eigenvalue weighted by Gasteiger charge is 2.26. The van der Waals surface area contributed by atoms with E-state index >= 15 is 0 Å². The number of hydrogen-bond acceptors (Lipinski definition) is 2. The largest absolute Gasteiger partial charge is 0.464 e. The molecule has 0 aliphatic carbocycles. The predicted molar refractivity (Wildman–Crippen MR) is 216 cm³/mol. The molecule has 1 aliphatic rings. The fourth-order valence-corrected chi connectivity index (χ4v) is 8.46. The number of anilines is 1. The molecule has 1 heterocycles. The summed E-state index contributed by atoms with van der Waals surface area (Å²) in [5.41, 5.74) is 7.02. The SMILES string of the molecule is c1ccc(C2Nc3ccc4ccc5ccc(-c6ccc(-c7ccc8c9ccccc9c9ccccc9c8c7)c7ccccc67)cc5c4c3O2)cc1. The molecule has 10 aromatic carbocycles. The molecule has 1 atom stereocenters. The van der Waals surface area contributed by atoms with Crippen molar-refractivity contribution in [3.05, 3.63) is 181 Å². The van der Waals surface area contributed by atoms with E-state index in [-0.39, 0.29) is 6.23 Å². The lowest BCUT2D eigenvalue weighted by atomic mass is 9.88. The number of fused-ring (bicyclic) bond motifs is 12. The number of benzene rings is 10. The van der Waals surface area contributed by atoms with E-state index in [4.69, 9.17) is 4.74 Å². The van der Waals surface area contributed by atoms with Crippen LogP contribution < -0.4 is 10.1 Å². The van der Waals surface area contributed by atoms with E-state index in [9.17, 15) is 0 Å². The van der Waals surface area contributed by atoms with E-state index in [0.717, 1.165) is 22.4 Å². The van der Waals surface area contributed by atoms with Crippen molar-refractivity contribution in [3.63, 3.8) is 0 Å². The monoisotopic (exact) mass is 649 g/mol. The number of nitrogens with one attached hydrogen (secondary N) is 1. The minimum absolute atomic E-state index is 0.214. The van der Waals surface area contributed by atoms with Crippen LogP contribution in [0.25, 0.3) is 86.9 Å². The molecule has 2 nitrogen and oxygen atoms in total. The maximum atomic E-state index is 6.66. The molecular weight excluding hydrogens is 619 g/mol. The Morgan fingerprint density at radius 2 is 0.863 bits per heavy atom. The average molecular weight is 650 g/mol. The first-order chi connectivity index (χ1) is 25.3. The maximum Gasteiger partial charge on any atom is 0.196 e. The Morgan fingerprint density at radius 3 is 1.53 bits per heavy atom. The van der Waals surface area contributed by atoms with Crippen LogP contribution in [-0.4, -0.2) is 0 Å². The Labute approximate surface area is 295 Å². The third-order valence-corrected chi connectivity index (χ3v) is 10.9. The predicted octanol–water partition coefficient (Wildman–Crippen LogP) is 13.4. The van der Waals surface area contributed by atoms with Crippen LogP contribution in [0, 0.1) is 0 Å². The lowest BCUT2D eigenvalue weighted by Gasteiger charge is -2.15. The molecule has 10 aromatic rings. The zero-order valence-electron chi connectivity index (χ0n) is 27.7. The van der Waals surface area contributed by atoms with Crippen molar-refractivity contribution in [2.45, 2.75) is 6.23 Å². The van der Waals surface area contributed by atoms with Gasteiger partial charge in [0.15, 0.2) is 12.0 Å². The van der Waals surface area contributed by atoms with Gasteiger partial charge in [-0.25, -0.2) is 0 Å². The van der Waals surface area contributed by atoms with Gasteiger partial charge < -0.3 is 10.1 Å². The molecule has 0 saturated carbocycles. The zero-order chi connectivity index (χ0) is 33.5. The number of rotatable bonds is 3. The van der Waals surface area contributed by atoms with Gasteiger partial charge in [-0.05, 0) is 99.7 Å². The molecule has 0 radical (unpaired) electrons. The minimum atomic E-state index is -0.214. The number of hydrogen-bond donors (Lipinski definition) is 1. The Balaban J connectivity index is 1.08. The fraction of sp³-hybridized carbons (Fsp3) is 0.0204. The molecule has 0 bridgehead atoms. The fourth-order valence-electron chi connectivity index (χ4n) is 8.46. The van der Waals surface area contributed by atoms with Crippen LogP contribution in [0.5, 0.6) is 5.75 Å². The van der Waals surface area contributed by atoms with Crippen LogP contribution >= 0.6 is 0 Å². The van der Waals surface area contributed by atoms with Crippen LogP contribution in [0.15, 0.2) is 176 Å². The Kier molecular flexibility index (Phi) is 6.05. The normalized spacial score (nSPS) is 14.0. The first-order valence-corrected chi connectivity index (χ1v) is 17.6. The van der Waals surface area contributed by atoms with Gasteiger partial charge in [0.25, 0.3) is 0 Å². The molecule has 51 heavy (non-hydrogen) atoms. The lowest BCUT2D eigenvalue weighted by molar-refractivity contribution is 0.263. The highest BCUT2D eigenvalue weighted by atomic mass is 16.5. The van der Waals surface area contributed by atoms with Crippen molar-refractivity contribution in [2.75, 3.05) is 5.32 Å². The molecule has 2 heteroatoms. The highest BCUT2D eigenvalue weighted by Crippen LogP contribution is 2.47. The van der Waals surface area contributed by atoms with Crippen molar-refractivity contribution < 1.29 is 4.74 Å². The summed E-state index contributed by atoms with van der Waals surface area (Å²) in [6.45, 7) is 0. The van der Waals surface area contributed by atoms with Crippen LogP contribution in [0.4, 0.5) is 5.69 Å². The third kappa shape index (κ3) is 4.30. The molecular formula is C49H31NO. The second-order valence-electron chi connectivity index (χ2n) is 13.7. The second kappa shape index (κ2) is 10.9. The summed E-state index contributed by atoms with van der Waals surface area (Å²) in [4.78, 5) is 0. The van der Waals surface area contributed by atoms with Gasteiger partial charge in [0.1, 0.15) is 0 Å². The molecule has 11 rings (SSSR count). The van der Waals surface area contributed by atoms with Gasteiger partial charge in [0.2, 0.25) is 0 Å². The van der Waals surface area contributed by atoms with Crippen molar-refractivity contribution in [3.8, 4) is 28.0 Å². The molecule has 238 valence electrons. The van der Waals surface area contributed by atoms with Gasteiger partial charge in [-0.1, -0.05) is 158 Å². The van der Waals surface area contributed by atoms with E-state index in [1.807, 2.05) is 6.07 Å².